The molecule has 0 aromatic carbocycles. The Morgan fingerprint density at radius 1 is 1.18 bits per heavy atom. The van der Waals surface area contributed by atoms with Gasteiger partial charge in [0, 0.05) is 24.2 Å². The molecule has 2 heterocycles. The summed E-state index contributed by atoms with van der Waals surface area (Å²) < 4.78 is 0. The molecule has 0 aliphatic carbocycles. The van der Waals surface area contributed by atoms with Crippen LogP contribution < -0.4 is 11.1 Å². The normalized spacial score (nSPS) is 12.3. The van der Waals surface area contributed by atoms with Crippen LogP contribution in [0.5, 0.6) is 0 Å². The fourth-order valence-corrected chi connectivity index (χ4v) is 1.68. The Hall–Kier alpha value is -2.01. The highest BCUT2D eigenvalue weighted by Gasteiger charge is 2.18. The lowest BCUT2D eigenvalue weighted by molar-refractivity contribution is 0.597. The summed E-state index contributed by atoms with van der Waals surface area (Å²) in [5.74, 6) is 1.21. The molecule has 3 N–H and O–H groups in total. The van der Waals surface area contributed by atoms with Crippen LogP contribution in [0.3, 0.4) is 0 Å². The summed E-state index contributed by atoms with van der Waals surface area (Å²) in [5.41, 5.74) is 6.79. The minimum Gasteiger partial charge on any atom is -0.383 e. The zero-order valence-electron chi connectivity index (χ0n) is 9.67. The van der Waals surface area contributed by atoms with E-state index in [1.807, 2.05) is 19.1 Å². The van der Waals surface area contributed by atoms with Gasteiger partial charge in [0.2, 0.25) is 0 Å². The van der Waals surface area contributed by atoms with Gasteiger partial charge in [-0.3, -0.25) is 0 Å². The first-order chi connectivity index (χ1) is 8.33. The van der Waals surface area contributed by atoms with E-state index >= 15 is 0 Å². The molecule has 0 spiro atoms. The summed E-state index contributed by atoms with van der Waals surface area (Å²) >= 11 is 0. The van der Waals surface area contributed by atoms with E-state index in [2.05, 4.69) is 20.3 Å². The lowest BCUT2D eigenvalue weighted by Crippen LogP contribution is -2.25. The molecule has 0 fully saturated rings. The smallest absolute Gasteiger partial charge is 0.149 e. The molecule has 88 valence electrons. The molecule has 0 radical (unpaired) electrons. The average molecular weight is 229 g/mol. The van der Waals surface area contributed by atoms with Gasteiger partial charge in [-0.25, -0.2) is 15.0 Å². The predicted molar refractivity (Wildman–Crippen MR) is 66.2 cm³/mol. The number of hydrogen-bond acceptors (Lipinski definition) is 5. The average Bonchev–Trinajstić information content (AvgIpc) is 2.38. The highest BCUT2D eigenvalue weighted by Crippen LogP contribution is 2.22. The highest BCUT2D eigenvalue weighted by molar-refractivity contribution is 5.43. The molecule has 2 aromatic heterocycles. The summed E-state index contributed by atoms with van der Waals surface area (Å²) in [6, 6.07) is 5.47. The molecule has 1 unspecified atom stereocenters. The number of nitrogens with one attached hydrogen (secondary N) is 1. The van der Waals surface area contributed by atoms with Crippen LogP contribution in [-0.2, 0) is 0 Å². The standard InChI is InChI=1S/C12H15N5/c1-2-14-10(12-16-7-4-8-17-12)9-5-3-6-15-11(9)13/h3-8,10,14H,2H2,1H3,(H2,13,15). The van der Waals surface area contributed by atoms with Crippen LogP contribution in [0.25, 0.3) is 0 Å². The SMILES string of the molecule is CCNC(c1ncccn1)c1cccnc1N. The number of nitrogens with zero attached hydrogens (tertiary/aromatic N) is 3. The van der Waals surface area contributed by atoms with Crippen molar-refractivity contribution >= 4 is 5.82 Å². The van der Waals surface area contributed by atoms with Crippen LogP contribution in [0.1, 0.15) is 24.4 Å². The molecule has 5 heteroatoms. The Balaban J connectivity index is 2.39. The lowest BCUT2D eigenvalue weighted by Gasteiger charge is -2.17. The maximum Gasteiger partial charge on any atom is 0.149 e. The van der Waals surface area contributed by atoms with Crippen molar-refractivity contribution in [2.75, 3.05) is 12.3 Å². The number of rotatable bonds is 4. The van der Waals surface area contributed by atoms with Crippen LogP contribution in [0, 0.1) is 0 Å². The van der Waals surface area contributed by atoms with E-state index < -0.39 is 0 Å². The second-order valence-electron chi connectivity index (χ2n) is 3.58. The summed E-state index contributed by atoms with van der Waals surface area (Å²) in [7, 11) is 0. The summed E-state index contributed by atoms with van der Waals surface area (Å²) in [6.07, 6.45) is 5.12. The maximum atomic E-state index is 5.88. The summed E-state index contributed by atoms with van der Waals surface area (Å²) in [6.45, 7) is 2.83. The van der Waals surface area contributed by atoms with Gasteiger partial charge in [-0.1, -0.05) is 13.0 Å². The van der Waals surface area contributed by atoms with Crippen molar-refractivity contribution < 1.29 is 0 Å². The van der Waals surface area contributed by atoms with E-state index in [1.165, 1.54) is 0 Å². The topological polar surface area (TPSA) is 76.7 Å². The van der Waals surface area contributed by atoms with E-state index in [4.69, 9.17) is 5.73 Å². The maximum absolute atomic E-state index is 5.88. The molecule has 0 aliphatic heterocycles. The summed E-state index contributed by atoms with van der Waals surface area (Å²) in [4.78, 5) is 12.6. The first-order valence-corrected chi connectivity index (χ1v) is 5.53. The number of hydrogen-bond donors (Lipinski definition) is 2. The quantitative estimate of drug-likeness (QED) is 0.822. The molecule has 0 saturated carbocycles. The zero-order chi connectivity index (χ0) is 12.1. The number of nitrogen functional groups attached to an aromatic ring is 1. The number of anilines is 1. The van der Waals surface area contributed by atoms with Crippen LogP contribution in [0.15, 0.2) is 36.8 Å². The third-order valence-electron chi connectivity index (χ3n) is 2.43. The molecule has 0 aliphatic rings. The van der Waals surface area contributed by atoms with Crippen LogP contribution >= 0.6 is 0 Å². The van der Waals surface area contributed by atoms with Gasteiger partial charge in [-0.2, -0.15) is 0 Å². The molecule has 0 amide bonds. The van der Waals surface area contributed by atoms with Gasteiger partial charge in [0.1, 0.15) is 11.6 Å². The third kappa shape index (κ3) is 2.57. The van der Waals surface area contributed by atoms with Gasteiger partial charge in [0.15, 0.2) is 0 Å². The van der Waals surface area contributed by atoms with E-state index in [0.717, 1.165) is 12.1 Å². The van der Waals surface area contributed by atoms with Crippen molar-refractivity contribution in [3.63, 3.8) is 0 Å². The number of aromatic nitrogens is 3. The van der Waals surface area contributed by atoms with Crippen molar-refractivity contribution in [3.8, 4) is 0 Å². The van der Waals surface area contributed by atoms with E-state index in [1.54, 1.807) is 24.7 Å². The first-order valence-electron chi connectivity index (χ1n) is 5.53. The summed E-state index contributed by atoms with van der Waals surface area (Å²) in [5, 5.41) is 3.31. The van der Waals surface area contributed by atoms with Crippen molar-refractivity contribution in [2.45, 2.75) is 13.0 Å². The van der Waals surface area contributed by atoms with Gasteiger partial charge >= 0.3 is 0 Å². The van der Waals surface area contributed by atoms with Gasteiger partial charge in [0.05, 0.1) is 6.04 Å². The fraction of sp³-hybridized carbons (Fsp3) is 0.250. The Bertz CT molecular complexity index is 471. The molecule has 0 saturated heterocycles. The molecule has 17 heavy (non-hydrogen) atoms. The number of nitrogens with two attached hydrogens (primary N) is 1. The van der Waals surface area contributed by atoms with Crippen LogP contribution in [0.2, 0.25) is 0 Å². The van der Waals surface area contributed by atoms with E-state index in [0.29, 0.717) is 11.6 Å². The van der Waals surface area contributed by atoms with Crippen molar-refractivity contribution in [2.24, 2.45) is 0 Å². The molecule has 2 rings (SSSR count). The largest absolute Gasteiger partial charge is 0.383 e. The minimum atomic E-state index is -0.116. The Morgan fingerprint density at radius 3 is 2.53 bits per heavy atom. The van der Waals surface area contributed by atoms with Gasteiger partial charge in [-0.15, -0.1) is 0 Å². The van der Waals surface area contributed by atoms with Crippen molar-refractivity contribution in [1.82, 2.24) is 20.3 Å². The second kappa shape index (κ2) is 5.36. The van der Waals surface area contributed by atoms with Gasteiger partial charge in [0.25, 0.3) is 0 Å². The van der Waals surface area contributed by atoms with Crippen LogP contribution in [-0.4, -0.2) is 21.5 Å². The van der Waals surface area contributed by atoms with Gasteiger partial charge in [-0.05, 0) is 18.7 Å². The Labute approximate surface area is 100 Å². The third-order valence-corrected chi connectivity index (χ3v) is 2.43. The van der Waals surface area contributed by atoms with E-state index in [9.17, 15) is 0 Å². The van der Waals surface area contributed by atoms with Gasteiger partial charge < -0.3 is 11.1 Å². The molecule has 1 atom stereocenters. The van der Waals surface area contributed by atoms with E-state index in [-0.39, 0.29) is 6.04 Å². The fourth-order valence-electron chi connectivity index (χ4n) is 1.68. The predicted octanol–water partition coefficient (Wildman–Crippen LogP) is 1.15. The molecular weight excluding hydrogens is 214 g/mol. The molecule has 2 aromatic rings. The molecule has 0 bridgehead atoms. The Kier molecular flexibility index (Phi) is 3.62. The molecular formula is C12H15N5. The van der Waals surface area contributed by atoms with Crippen molar-refractivity contribution in [3.05, 3.63) is 48.2 Å². The Morgan fingerprint density at radius 2 is 1.88 bits per heavy atom. The highest BCUT2D eigenvalue weighted by atomic mass is 15.0. The minimum absolute atomic E-state index is 0.116. The van der Waals surface area contributed by atoms with Crippen molar-refractivity contribution in [1.29, 1.82) is 0 Å². The zero-order valence-corrected chi connectivity index (χ0v) is 9.67. The monoisotopic (exact) mass is 229 g/mol. The number of pyridine rings is 1. The molecule has 5 nitrogen and oxygen atoms in total. The van der Waals surface area contributed by atoms with Crippen LogP contribution in [0.4, 0.5) is 5.82 Å². The lowest BCUT2D eigenvalue weighted by atomic mass is 10.1. The first kappa shape index (κ1) is 11.5. The second-order valence-corrected chi connectivity index (χ2v) is 3.58.